The maximum Gasteiger partial charge on any atom is 0.0814 e. The number of hydrazine groups is 2. The number of allylic oxidation sites excluding steroid dienone is 1. The normalized spacial score (nSPS) is 17.5. The van der Waals surface area contributed by atoms with Crippen LogP contribution in [0.4, 0.5) is 5.69 Å². The lowest BCUT2D eigenvalue weighted by Crippen LogP contribution is -2.38. The Labute approximate surface area is 181 Å². The first-order valence-corrected chi connectivity index (χ1v) is 10.5. The smallest absolute Gasteiger partial charge is 0.0814 e. The minimum Gasteiger partial charge on any atom is -0.378 e. The van der Waals surface area contributed by atoms with Gasteiger partial charge in [0, 0.05) is 36.6 Å². The molecule has 2 aliphatic rings. The number of nitriles is 1. The highest BCUT2D eigenvalue weighted by Gasteiger charge is 2.30. The summed E-state index contributed by atoms with van der Waals surface area (Å²) < 4.78 is 1.83. The summed E-state index contributed by atoms with van der Waals surface area (Å²) >= 11 is 0. The topological polar surface area (TPSA) is 80.9 Å². The van der Waals surface area contributed by atoms with Gasteiger partial charge in [0.1, 0.15) is 0 Å². The van der Waals surface area contributed by atoms with Crippen molar-refractivity contribution in [3.8, 4) is 17.2 Å². The van der Waals surface area contributed by atoms with Crippen LogP contribution in [0.25, 0.3) is 16.8 Å². The molecule has 3 aromatic rings. The summed E-state index contributed by atoms with van der Waals surface area (Å²) in [5.74, 6) is 0. The molecule has 3 heterocycles. The zero-order valence-corrected chi connectivity index (χ0v) is 17.7. The molecule has 1 atom stereocenters. The molecule has 1 aromatic heterocycles. The Bertz CT molecular complexity index is 1200. The fourth-order valence-corrected chi connectivity index (χ4v) is 4.45. The van der Waals surface area contributed by atoms with Crippen molar-refractivity contribution in [2.24, 2.45) is 7.05 Å². The molecule has 7 nitrogen and oxygen atoms in total. The quantitative estimate of drug-likeness (QED) is 0.607. The minimum atomic E-state index is 0.110. The summed E-state index contributed by atoms with van der Waals surface area (Å²) in [4.78, 5) is 0. The van der Waals surface area contributed by atoms with Gasteiger partial charge in [-0.15, -0.1) is 5.53 Å². The Balaban J connectivity index is 1.61. The van der Waals surface area contributed by atoms with Crippen LogP contribution in [0.1, 0.15) is 36.1 Å². The van der Waals surface area contributed by atoms with Gasteiger partial charge >= 0.3 is 0 Å². The monoisotopic (exact) mass is 411 g/mol. The van der Waals surface area contributed by atoms with Crippen LogP contribution in [-0.2, 0) is 13.5 Å². The van der Waals surface area contributed by atoms with E-state index < -0.39 is 0 Å². The molecule has 0 fully saturated rings. The van der Waals surface area contributed by atoms with Gasteiger partial charge in [-0.2, -0.15) is 10.4 Å². The van der Waals surface area contributed by atoms with Gasteiger partial charge in [0.2, 0.25) is 0 Å². The van der Waals surface area contributed by atoms with Gasteiger partial charge in [-0.3, -0.25) is 9.69 Å². The molecule has 0 saturated carbocycles. The number of nitrogens with one attached hydrogen (secondary N) is 3. The van der Waals surface area contributed by atoms with Crippen LogP contribution in [0.5, 0.6) is 0 Å². The van der Waals surface area contributed by atoms with Crippen molar-refractivity contribution in [3.05, 3.63) is 77.2 Å². The number of rotatable bonds is 4. The van der Waals surface area contributed by atoms with Gasteiger partial charge in [-0.05, 0) is 42.2 Å². The third kappa shape index (κ3) is 3.51. The van der Waals surface area contributed by atoms with Crippen LogP contribution >= 0.6 is 0 Å². The van der Waals surface area contributed by atoms with Gasteiger partial charge in [-0.1, -0.05) is 30.3 Å². The lowest BCUT2D eigenvalue weighted by atomic mass is 9.93. The lowest BCUT2D eigenvalue weighted by molar-refractivity contribution is 0.281. The number of aryl methyl sites for hydroxylation is 1. The van der Waals surface area contributed by atoms with Crippen LogP contribution in [0, 0.1) is 11.3 Å². The molecule has 0 bridgehead atoms. The van der Waals surface area contributed by atoms with Crippen LogP contribution in [0.2, 0.25) is 0 Å². The molecule has 31 heavy (non-hydrogen) atoms. The van der Waals surface area contributed by atoms with E-state index in [0.717, 1.165) is 41.0 Å². The SMILES string of the molecule is CC1=C2c3ccc(-c4cnn(C)c4)cc3C(Nc3ccccc3CC#N)CCN2NN1. The van der Waals surface area contributed by atoms with E-state index >= 15 is 0 Å². The van der Waals surface area contributed by atoms with Crippen molar-refractivity contribution in [3.63, 3.8) is 0 Å². The minimum absolute atomic E-state index is 0.110. The molecule has 2 aromatic carbocycles. The molecule has 5 rings (SSSR count). The molecule has 0 saturated heterocycles. The van der Waals surface area contributed by atoms with Crippen molar-refractivity contribution in [1.29, 1.82) is 5.26 Å². The predicted molar refractivity (Wildman–Crippen MR) is 121 cm³/mol. The van der Waals surface area contributed by atoms with E-state index in [1.165, 1.54) is 16.8 Å². The van der Waals surface area contributed by atoms with Crippen LogP contribution in [0.15, 0.2) is 60.6 Å². The summed E-state index contributed by atoms with van der Waals surface area (Å²) in [5.41, 5.74) is 15.6. The molecular weight excluding hydrogens is 386 g/mol. The van der Waals surface area contributed by atoms with E-state index in [4.69, 9.17) is 0 Å². The molecule has 0 spiro atoms. The summed E-state index contributed by atoms with van der Waals surface area (Å²) in [6, 6.07) is 17.1. The Kier molecular flexibility index (Phi) is 4.85. The third-order valence-corrected chi connectivity index (χ3v) is 5.98. The van der Waals surface area contributed by atoms with Crippen molar-refractivity contribution >= 4 is 11.4 Å². The average Bonchev–Trinajstić information content (AvgIpc) is 3.33. The summed E-state index contributed by atoms with van der Waals surface area (Å²) in [6.45, 7) is 2.95. The number of hydrogen-bond acceptors (Lipinski definition) is 6. The van der Waals surface area contributed by atoms with Gasteiger partial charge in [0.25, 0.3) is 0 Å². The first-order valence-electron chi connectivity index (χ1n) is 10.5. The highest BCUT2D eigenvalue weighted by Crippen LogP contribution is 2.39. The van der Waals surface area contributed by atoms with E-state index in [9.17, 15) is 5.26 Å². The number of nitrogens with zero attached hydrogens (tertiary/aromatic N) is 4. The molecule has 0 radical (unpaired) electrons. The first kappa shape index (κ1) is 19.2. The van der Waals surface area contributed by atoms with Gasteiger partial charge in [-0.25, -0.2) is 0 Å². The lowest BCUT2D eigenvalue weighted by Gasteiger charge is -2.22. The Hall–Kier alpha value is -3.76. The van der Waals surface area contributed by atoms with Crippen molar-refractivity contribution < 1.29 is 0 Å². The Morgan fingerprint density at radius 1 is 1.23 bits per heavy atom. The van der Waals surface area contributed by atoms with Crippen molar-refractivity contribution in [1.82, 2.24) is 25.7 Å². The molecule has 3 N–H and O–H groups in total. The van der Waals surface area contributed by atoms with E-state index in [2.05, 4.69) is 63.6 Å². The molecule has 2 aliphatic heterocycles. The van der Waals surface area contributed by atoms with E-state index in [0.29, 0.717) is 6.42 Å². The van der Waals surface area contributed by atoms with E-state index in [1.54, 1.807) is 0 Å². The first-order chi connectivity index (χ1) is 15.1. The van der Waals surface area contributed by atoms with Crippen LogP contribution in [0.3, 0.4) is 0 Å². The van der Waals surface area contributed by atoms with Crippen LogP contribution < -0.4 is 16.3 Å². The van der Waals surface area contributed by atoms with Gasteiger partial charge < -0.3 is 10.7 Å². The number of benzene rings is 2. The van der Waals surface area contributed by atoms with Crippen molar-refractivity contribution in [2.45, 2.75) is 25.8 Å². The highest BCUT2D eigenvalue weighted by molar-refractivity contribution is 5.75. The Morgan fingerprint density at radius 2 is 2.10 bits per heavy atom. The largest absolute Gasteiger partial charge is 0.378 e. The van der Waals surface area contributed by atoms with E-state index in [-0.39, 0.29) is 6.04 Å². The van der Waals surface area contributed by atoms with Crippen molar-refractivity contribution in [2.75, 3.05) is 11.9 Å². The fraction of sp³-hybridized carbons (Fsp3) is 0.250. The zero-order valence-electron chi connectivity index (χ0n) is 17.7. The fourth-order valence-electron chi connectivity index (χ4n) is 4.45. The summed E-state index contributed by atoms with van der Waals surface area (Å²) in [5, 5.41) is 19.5. The standard InChI is InChI=1S/C24H25N7/c1-16-24-20-8-7-18(19-14-26-30(2)15-19)13-21(20)23(10-12-31(24)29-28-16)27-22-6-4-3-5-17(22)9-11-25/h3-8,13-15,23,27-29H,9-10,12H2,1-2H3. The maximum absolute atomic E-state index is 9.24. The van der Waals surface area contributed by atoms with E-state index in [1.807, 2.05) is 42.3 Å². The molecular formula is C24H25N7. The summed E-state index contributed by atoms with van der Waals surface area (Å²) in [7, 11) is 1.94. The van der Waals surface area contributed by atoms with Gasteiger partial charge in [0.05, 0.1) is 36.1 Å². The molecule has 7 heteroatoms. The zero-order chi connectivity index (χ0) is 21.4. The third-order valence-electron chi connectivity index (χ3n) is 5.98. The van der Waals surface area contributed by atoms with Crippen LogP contribution in [-0.4, -0.2) is 21.3 Å². The second-order valence-electron chi connectivity index (χ2n) is 8.04. The number of aromatic nitrogens is 2. The predicted octanol–water partition coefficient (Wildman–Crippen LogP) is 3.72. The number of para-hydroxylation sites is 1. The molecule has 156 valence electrons. The molecule has 0 aliphatic carbocycles. The highest BCUT2D eigenvalue weighted by atomic mass is 15.7. The molecule has 1 unspecified atom stereocenters. The number of fused-ring (bicyclic) bond motifs is 3. The summed E-state index contributed by atoms with van der Waals surface area (Å²) in [6.07, 6.45) is 5.24. The number of anilines is 1. The second kappa shape index (κ2) is 7.82. The Morgan fingerprint density at radius 3 is 2.90 bits per heavy atom. The number of hydrogen-bond donors (Lipinski definition) is 3. The maximum atomic E-state index is 9.24. The van der Waals surface area contributed by atoms with Gasteiger partial charge in [0.15, 0.2) is 0 Å². The molecule has 0 amide bonds. The average molecular weight is 412 g/mol. The second-order valence-corrected chi connectivity index (χ2v) is 8.04.